The third-order valence-electron chi connectivity index (χ3n) is 3.25. The minimum atomic E-state index is 0.113. The van der Waals surface area contributed by atoms with Crippen LogP contribution in [0, 0.1) is 0 Å². The Morgan fingerprint density at radius 1 is 1.40 bits per heavy atom. The lowest BCUT2D eigenvalue weighted by atomic mass is 10.0. The van der Waals surface area contributed by atoms with Crippen LogP contribution in [0.15, 0.2) is 28.9 Å². The molecular formula is C12H14N2O. The molecule has 1 aromatic carbocycles. The molecule has 1 saturated carbocycles. The first-order chi connectivity index (χ1) is 7.27. The van der Waals surface area contributed by atoms with Gasteiger partial charge in [0.05, 0.1) is 6.20 Å². The monoisotopic (exact) mass is 202 g/mol. The Bertz CT molecular complexity index is 485. The van der Waals surface area contributed by atoms with E-state index in [0.29, 0.717) is 0 Å². The van der Waals surface area contributed by atoms with Gasteiger partial charge in [-0.05, 0) is 37.3 Å². The van der Waals surface area contributed by atoms with Gasteiger partial charge in [-0.25, -0.2) is 0 Å². The second kappa shape index (κ2) is 3.07. The zero-order valence-corrected chi connectivity index (χ0v) is 8.57. The number of nitrogens with zero attached hydrogens (tertiary/aromatic N) is 1. The van der Waals surface area contributed by atoms with E-state index in [2.05, 4.69) is 11.2 Å². The fourth-order valence-electron chi connectivity index (χ4n) is 1.94. The van der Waals surface area contributed by atoms with E-state index in [-0.39, 0.29) is 5.54 Å². The molecule has 1 aliphatic carbocycles. The van der Waals surface area contributed by atoms with E-state index in [9.17, 15) is 0 Å². The molecule has 1 aliphatic rings. The maximum absolute atomic E-state index is 6.07. The number of fused-ring (bicyclic) bond motifs is 1. The van der Waals surface area contributed by atoms with Crippen molar-refractivity contribution in [2.75, 3.05) is 0 Å². The van der Waals surface area contributed by atoms with Crippen molar-refractivity contribution in [2.24, 2.45) is 5.73 Å². The SMILES string of the molecule is NC1(CCc2cccc3cnoc23)CC1. The predicted octanol–water partition coefficient (Wildman–Crippen LogP) is 2.25. The van der Waals surface area contributed by atoms with E-state index in [1.165, 1.54) is 18.4 Å². The molecule has 2 aromatic rings. The zero-order chi connectivity index (χ0) is 10.3. The highest BCUT2D eigenvalue weighted by atomic mass is 16.5. The molecule has 0 unspecified atom stereocenters. The average molecular weight is 202 g/mol. The molecule has 3 rings (SSSR count). The summed E-state index contributed by atoms with van der Waals surface area (Å²) in [6, 6.07) is 6.16. The van der Waals surface area contributed by atoms with Gasteiger partial charge in [-0.15, -0.1) is 0 Å². The minimum absolute atomic E-state index is 0.113. The summed E-state index contributed by atoms with van der Waals surface area (Å²) in [5, 5.41) is 4.89. The number of aromatic nitrogens is 1. The third kappa shape index (κ3) is 1.63. The summed E-state index contributed by atoms with van der Waals surface area (Å²) in [4.78, 5) is 0. The van der Waals surface area contributed by atoms with Crippen molar-refractivity contribution < 1.29 is 4.52 Å². The van der Waals surface area contributed by atoms with Crippen LogP contribution in [0.3, 0.4) is 0 Å². The van der Waals surface area contributed by atoms with Crippen molar-refractivity contribution in [3.05, 3.63) is 30.0 Å². The molecule has 15 heavy (non-hydrogen) atoms. The van der Waals surface area contributed by atoms with Gasteiger partial charge in [0.1, 0.15) is 0 Å². The Kier molecular flexibility index (Phi) is 1.83. The van der Waals surface area contributed by atoms with Gasteiger partial charge in [0.25, 0.3) is 0 Å². The van der Waals surface area contributed by atoms with Gasteiger partial charge in [0.15, 0.2) is 5.58 Å². The van der Waals surface area contributed by atoms with Crippen LogP contribution in [-0.4, -0.2) is 10.7 Å². The lowest BCUT2D eigenvalue weighted by molar-refractivity contribution is 0.453. The molecule has 3 nitrogen and oxygen atoms in total. The normalized spacial score (nSPS) is 18.2. The van der Waals surface area contributed by atoms with E-state index in [1.807, 2.05) is 12.1 Å². The fourth-order valence-corrected chi connectivity index (χ4v) is 1.94. The molecule has 0 atom stereocenters. The van der Waals surface area contributed by atoms with E-state index >= 15 is 0 Å². The van der Waals surface area contributed by atoms with E-state index < -0.39 is 0 Å². The molecular weight excluding hydrogens is 188 g/mol. The quantitative estimate of drug-likeness (QED) is 0.830. The number of benzene rings is 1. The van der Waals surface area contributed by atoms with E-state index in [0.717, 1.165) is 23.8 Å². The van der Waals surface area contributed by atoms with Gasteiger partial charge in [0, 0.05) is 10.9 Å². The largest absolute Gasteiger partial charge is 0.356 e. The van der Waals surface area contributed by atoms with Crippen LogP contribution in [0.5, 0.6) is 0 Å². The summed E-state index contributed by atoms with van der Waals surface area (Å²) in [6.45, 7) is 0. The molecule has 0 saturated heterocycles. The Balaban J connectivity index is 1.86. The van der Waals surface area contributed by atoms with Crippen LogP contribution in [0.4, 0.5) is 0 Å². The van der Waals surface area contributed by atoms with E-state index in [4.69, 9.17) is 10.3 Å². The Labute approximate surface area is 88.2 Å². The highest BCUT2D eigenvalue weighted by Crippen LogP contribution is 2.37. The van der Waals surface area contributed by atoms with Crippen LogP contribution < -0.4 is 5.73 Å². The molecule has 1 aromatic heterocycles. The second-order valence-electron chi connectivity index (χ2n) is 4.52. The molecule has 78 valence electrons. The molecule has 0 radical (unpaired) electrons. The van der Waals surface area contributed by atoms with Gasteiger partial charge in [-0.2, -0.15) is 0 Å². The third-order valence-corrected chi connectivity index (χ3v) is 3.25. The highest BCUT2D eigenvalue weighted by molar-refractivity contribution is 5.79. The fraction of sp³-hybridized carbons (Fsp3) is 0.417. The number of hydrogen-bond donors (Lipinski definition) is 1. The molecule has 0 amide bonds. The summed E-state index contributed by atoms with van der Waals surface area (Å²) in [7, 11) is 0. The standard InChI is InChI=1S/C12H14N2O/c13-12(6-7-12)5-4-9-2-1-3-10-8-14-15-11(9)10/h1-3,8H,4-7,13H2. The van der Waals surface area contributed by atoms with Crippen molar-refractivity contribution in [3.63, 3.8) is 0 Å². The number of rotatable bonds is 3. The Morgan fingerprint density at radius 2 is 2.27 bits per heavy atom. The van der Waals surface area contributed by atoms with Crippen molar-refractivity contribution >= 4 is 11.0 Å². The van der Waals surface area contributed by atoms with Gasteiger partial charge < -0.3 is 10.3 Å². The molecule has 3 heteroatoms. The summed E-state index contributed by atoms with van der Waals surface area (Å²) in [6.07, 6.45) is 6.13. The van der Waals surface area contributed by atoms with Gasteiger partial charge >= 0.3 is 0 Å². The van der Waals surface area contributed by atoms with Crippen molar-refractivity contribution in [1.29, 1.82) is 0 Å². The first-order valence-electron chi connectivity index (χ1n) is 5.38. The molecule has 1 heterocycles. The lowest BCUT2D eigenvalue weighted by Gasteiger charge is -2.07. The van der Waals surface area contributed by atoms with Gasteiger partial charge in [-0.1, -0.05) is 17.3 Å². The molecule has 0 bridgehead atoms. The lowest BCUT2D eigenvalue weighted by Crippen LogP contribution is -2.22. The first-order valence-corrected chi connectivity index (χ1v) is 5.38. The van der Waals surface area contributed by atoms with Crippen LogP contribution >= 0.6 is 0 Å². The molecule has 1 fully saturated rings. The van der Waals surface area contributed by atoms with Gasteiger partial charge in [0.2, 0.25) is 0 Å². The highest BCUT2D eigenvalue weighted by Gasteiger charge is 2.37. The summed E-state index contributed by atoms with van der Waals surface area (Å²) >= 11 is 0. The molecule has 0 aliphatic heterocycles. The molecule has 0 spiro atoms. The summed E-state index contributed by atoms with van der Waals surface area (Å²) in [5.41, 5.74) is 8.32. The summed E-state index contributed by atoms with van der Waals surface area (Å²) in [5.74, 6) is 0. The Hall–Kier alpha value is -1.35. The minimum Gasteiger partial charge on any atom is -0.356 e. The van der Waals surface area contributed by atoms with Crippen molar-refractivity contribution in [1.82, 2.24) is 5.16 Å². The average Bonchev–Trinajstić information content (AvgIpc) is 2.80. The number of para-hydroxylation sites is 1. The maximum atomic E-state index is 6.07. The second-order valence-corrected chi connectivity index (χ2v) is 4.52. The number of nitrogens with two attached hydrogens (primary N) is 1. The zero-order valence-electron chi connectivity index (χ0n) is 8.57. The van der Waals surface area contributed by atoms with Gasteiger partial charge in [-0.3, -0.25) is 0 Å². The predicted molar refractivity (Wildman–Crippen MR) is 58.5 cm³/mol. The van der Waals surface area contributed by atoms with Crippen LogP contribution in [0.25, 0.3) is 11.0 Å². The number of aryl methyl sites for hydroxylation is 1. The van der Waals surface area contributed by atoms with Crippen LogP contribution in [0.1, 0.15) is 24.8 Å². The van der Waals surface area contributed by atoms with Crippen LogP contribution in [-0.2, 0) is 6.42 Å². The smallest absolute Gasteiger partial charge is 0.170 e. The molecule has 2 N–H and O–H groups in total. The summed E-state index contributed by atoms with van der Waals surface area (Å²) < 4.78 is 5.24. The maximum Gasteiger partial charge on any atom is 0.170 e. The van der Waals surface area contributed by atoms with E-state index in [1.54, 1.807) is 6.20 Å². The van der Waals surface area contributed by atoms with Crippen molar-refractivity contribution in [2.45, 2.75) is 31.2 Å². The van der Waals surface area contributed by atoms with Crippen LogP contribution in [0.2, 0.25) is 0 Å². The topological polar surface area (TPSA) is 52.0 Å². The van der Waals surface area contributed by atoms with Crippen molar-refractivity contribution in [3.8, 4) is 0 Å². The number of hydrogen-bond acceptors (Lipinski definition) is 3. The Morgan fingerprint density at radius 3 is 3.07 bits per heavy atom. The first kappa shape index (κ1) is 8.92.